The highest BCUT2D eigenvalue weighted by molar-refractivity contribution is 5.63. The van der Waals surface area contributed by atoms with Crippen LogP contribution in [0.3, 0.4) is 0 Å². The van der Waals surface area contributed by atoms with Gasteiger partial charge in [-0.3, -0.25) is 0 Å². The maximum Gasteiger partial charge on any atom is 0.113 e. The van der Waals surface area contributed by atoms with Gasteiger partial charge in [0.15, 0.2) is 0 Å². The van der Waals surface area contributed by atoms with Gasteiger partial charge in [-0.1, -0.05) is 42.5 Å². The third-order valence-electron chi connectivity index (χ3n) is 4.55. The monoisotopic (exact) mass is 308 g/mol. The molecule has 0 aliphatic carbocycles. The Hall–Kier alpha value is -2.17. The molecule has 2 N–H and O–H groups in total. The van der Waals surface area contributed by atoms with Crippen LogP contribution in [0.15, 0.2) is 48.5 Å². The first-order chi connectivity index (χ1) is 11.4. The van der Waals surface area contributed by atoms with Crippen molar-refractivity contribution in [3.63, 3.8) is 0 Å². The summed E-state index contributed by atoms with van der Waals surface area (Å²) in [7, 11) is 0. The molecule has 0 radical (unpaired) electrons. The van der Waals surface area contributed by atoms with Gasteiger partial charge in [-0.05, 0) is 23.4 Å². The van der Waals surface area contributed by atoms with Crippen LogP contribution >= 0.6 is 0 Å². The number of rotatable bonds is 3. The molecule has 2 aromatic rings. The van der Waals surface area contributed by atoms with Gasteiger partial charge in [0.2, 0.25) is 0 Å². The molecule has 1 fully saturated rings. The quantitative estimate of drug-likeness (QED) is 0.853. The largest absolute Gasteiger partial charge is 0.375 e. The van der Waals surface area contributed by atoms with Crippen LogP contribution in [0.5, 0.6) is 0 Å². The van der Waals surface area contributed by atoms with Crippen molar-refractivity contribution in [2.75, 3.05) is 18.5 Å². The second-order valence-corrected chi connectivity index (χ2v) is 5.99. The van der Waals surface area contributed by atoms with E-state index in [0.717, 1.165) is 16.8 Å². The second-order valence-electron chi connectivity index (χ2n) is 5.99. The second kappa shape index (κ2) is 6.14. The Morgan fingerprint density at radius 1 is 1.09 bits per heavy atom. The number of benzene rings is 2. The van der Waals surface area contributed by atoms with E-state index in [1.807, 2.05) is 6.07 Å². The standard InChI is InChI=1S/C19H20N2O2/c20-9-8-13-6-7-16-15(12-13)18-19(23-11-10-22-18)17(21-16)14-4-2-1-3-5-14/h1-7,9,12,17-21H,8,10-11H2/t17-,18+,19-/m0/s1. The zero-order valence-electron chi connectivity index (χ0n) is 12.9. The van der Waals surface area contributed by atoms with Crippen LogP contribution in [0, 0.1) is 5.41 Å². The zero-order valence-corrected chi connectivity index (χ0v) is 12.9. The first-order valence-electron chi connectivity index (χ1n) is 8.03. The predicted molar refractivity (Wildman–Crippen MR) is 90.2 cm³/mol. The van der Waals surface area contributed by atoms with Crippen molar-refractivity contribution in [1.29, 1.82) is 5.41 Å². The Morgan fingerprint density at radius 2 is 1.91 bits per heavy atom. The molecular formula is C19H20N2O2. The lowest BCUT2D eigenvalue weighted by atomic mass is 9.87. The lowest BCUT2D eigenvalue weighted by Gasteiger charge is -2.43. The molecule has 0 amide bonds. The van der Waals surface area contributed by atoms with Gasteiger partial charge < -0.3 is 20.2 Å². The molecule has 3 atom stereocenters. The van der Waals surface area contributed by atoms with E-state index < -0.39 is 0 Å². The Bertz CT molecular complexity index is 702. The molecule has 23 heavy (non-hydrogen) atoms. The Labute approximate surface area is 135 Å². The Balaban J connectivity index is 1.75. The van der Waals surface area contributed by atoms with E-state index in [0.29, 0.717) is 19.6 Å². The Kier molecular flexibility index (Phi) is 3.85. The molecular weight excluding hydrogens is 288 g/mol. The summed E-state index contributed by atoms with van der Waals surface area (Å²) in [6, 6.07) is 16.8. The van der Waals surface area contributed by atoms with Crippen LogP contribution in [0.4, 0.5) is 5.69 Å². The van der Waals surface area contributed by atoms with Gasteiger partial charge in [-0.25, -0.2) is 0 Å². The summed E-state index contributed by atoms with van der Waals surface area (Å²) in [5.41, 5.74) is 4.58. The van der Waals surface area contributed by atoms with Crippen LogP contribution in [0.2, 0.25) is 0 Å². The van der Waals surface area contributed by atoms with Gasteiger partial charge in [0.25, 0.3) is 0 Å². The summed E-state index contributed by atoms with van der Waals surface area (Å²) in [5.74, 6) is 0. The van der Waals surface area contributed by atoms with E-state index >= 15 is 0 Å². The fourth-order valence-corrected chi connectivity index (χ4v) is 3.49. The fourth-order valence-electron chi connectivity index (χ4n) is 3.49. The van der Waals surface area contributed by atoms with Crippen LogP contribution in [0.25, 0.3) is 0 Å². The third kappa shape index (κ3) is 2.64. The van der Waals surface area contributed by atoms with Gasteiger partial charge in [0.1, 0.15) is 12.2 Å². The highest BCUT2D eigenvalue weighted by Crippen LogP contribution is 2.44. The predicted octanol–water partition coefficient (Wildman–Crippen LogP) is 3.50. The fraction of sp³-hybridized carbons (Fsp3) is 0.316. The van der Waals surface area contributed by atoms with Gasteiger partial charge in [-0.15, -0.1) is 0 Å². The molecule has 0 unspecified atom stereocenters. The molecule has 4 rings (SSSR count). The number of hydrogen-bond donors (Lipinski definition) is 2. The van der Waals surface area contributed by atoms with Crippen LogP contribution in [-0.4, -0.2) is 25.5 Å². The molecule has 0 bridgehead atoms. The van der Waals surface area contributed by atoms with E-state index in [9.17, 15) is 0 Å². The molecule has 2 aliphatic heterocycles. The molecule has 0 aromatic heterocycles. The lowest BCUT2D eigenvalue weighted by Crippen LogP contribution is -2.43. The maximum absolute atomic E-state index is 7.31. The number of ether oxygens (including phenoxy) is 2. The zero-order chi connectivity index (χ0) is 15.6. The van der Waals surface area contributed by atoms with E-state index in [-0.39, 0.29) is 18.2 Å². The molecule has 118 valence electrons. The topological polar surface area (TPSA) is 54.3 Å². The van der Waals surface area contributed by atoms with Crippen LogP contribution in [0.1, 0.15) is 28.8 Å². The van der Waals surface area contributed by atoms with E-state index in [4.69, 9.17) is 14.9 Å². The molecule has 2 heterocycles. The third-order valence-corrected chi connectivity index (χ3v) is 4.55. The number of fused-ring (bicyclic) bond motifs is 3. The average Bonchev–Trinajstić information content (AvgIpc) is 2.62. The highest BCUT2D eigenvalue weighted by atomic mass is 16.6. The van der Waals surface area contributed by atoms with Crippen molar-refractivity contribution >= 4 is 11.9 Å². The summed E-state index contributed by atoms with van der Waals surface area (Å²) in [6.45, 7) is 1.25. The molecule has 2 aromatic carbocycles. The molecule has 2 aliphatic rings. The Morgan fingerprint density at radius 3 is 2.74 bits per heavy atom. The normalized spacial score (nSPS) is 25.8. The lowest BCUT2D eigenvalue weighted by molar-refractivity contribution is -0.151. The minimum Gasteiger partial charge on any atom is -0.375 e. The number of anilines is 1. The van der Waals surface area contributed by atoms with Gasteiger partial charge >= 0.3 is 0 Å². The first-order valence-corrected chi connectivity index (χ1v) is 8.03. The first kappa shape index (κ1) is 14.4. The van der Waals surface area contributed by atoms with Crippen molar-refractivity contribution in [1.82, 2.24) is 0 Å². The van der Waals surface area contributed by atoms with Crippen molar-refractivity contribution in [2.45, 2.75) is 24.7 Å². The van der Waals surface area contributed by atoms with Crippen molar-refractivity contribution in [2.24, 2.45) is 0 Å². The summed E-state index contributed by atoms with van der Waals surface area (Å²) in [4.78, 5) is 0. The smallest absolute Gasteiger partial charge is 0.113 e. The molecule has 0 saturated carbocycles. The summed E-state index contributed by atoms with van der Waals surface area (Å²) >= 11 is 0. The van der Waals surface area contributed by atoms with E-state index in [1.165, 1.54) is 11.8 Å². The van der Waals surface area contributed by atoms with Gasteiger partial charge in [0, 0.05) is 17.7 Å². The summed E-state index contributed by atoms with van der Waals surface area (Å²) in [6.07, 6.45) is 1.98. The van der Waals surface area contributed by atoms with Gasteiger partial charge in [-0.2, -0.15) is 0 Å². The number of hydrogen-bond acceptors (Lipinski definition) is 4. The van der Waals surface area contributed by atoms with Crippen molar-refractivity contribution in [3.8, 4) is 0 Å². The number of nitrogens with one attached hydrogen (secondary N) is 2. The minimum atomic E-state index is -0.0594. The molecule has 0 spiro atoms. The van der Waals surface area contributed by atoms with Crippen LogP contribution in [-0.2, 0) is 15.9 Å². The van der Waals surface area contributed by atoms with Gasteiger partial charge in [0.05, 0.1) is 19.3 Å². The van der Waals surface area contributed by atoms with E-state index in [1.54, 1.807) is 0 Å². The summed E-state index contributed by atoms with van der Waals surface area (Å²) < 4.78 is 12.1. The molecule has 1 saturated heterocycles. The van der Waals surface area contributed by atoms with Crippen molar-refractivity contribution < 1.29 is 9.47 Å². The minimum absolute atomic E-state index is 0.0334. The highest BCUT2D eigenvalue weighted by Gasteiger charge is 2.40. The van der Waals surface area contributed by atoms with E-state index in [2.05, 4.69) is 47.8 Å². The van der Waals surface area contributed by atoms with Crippen LogP contribution < -0.4 is 5.32 Å². The SMILES string of the molecule is N=CCc1ccc2c(c1)[C@H]1OCCO[C@H]1[C@H](c1ccccc1)N2. The maximum atomic E-state index is 7.31. The average molecular weight is 308 g/mol. The summed E-state index contributed by atoms with van der Waals surface area (Å²) in [5, 5.41) is 10.9. The molecule has 4 heteroatoms. The van der Waals surface area contributed by atoms with Crippen molar-refractivity contribution in [3.05, 3.63) is 65.2 Å². The molecule has 4 nitrogen and oxygen atoms in total.